The summed E-state index contributed by atoms with van der Waals surface area (Å²) < 4.78 is 47.9. The summed E-state index contributed by atoms with van der Waals surface area (Å²) in [5.74, 6) is -0.979. The molecule has 59 heavy (non-hydrogen) atoms. The number of nitriles is 1. The maximum Gasteiger partial charge on any atom is 0.417 e. The second-order valence-corrected chi connectivity index (χ2v) is 17.4. The van der Waals surface area contributed by atoms with Crippen LogP contribution in [0.2, 0.25) is 0 Å². The van der Waals surface area contributed by atoms with Gasteiger partial charge in [-0.05, 0) is 108 Å². The lowest BCUT2D eigenvalue weighted by Crippen LogP contribution is -2.58. The average Bonchev–Trinajstić information content (AvgIpc) is 3.33. The van der Waals surface area contributed by atoms with Gasteiger partial charge < -0.3 is 15.0 Å². The summed E-state index contributed by atoms with van der Waals surface area (Å²) in [6.07, 6.45) is -0.0129. The molecule has 4 heterocycles. The fourth-order valence-corrected chi connectivity index (χ4v) is 9.47. The van der Waals surface area contributed by atoms with Gasteiger partial charge in [-0.25, -0.2) is 9.78 Å². The lowest BCUT2D eigenvalue weighted by atomic mass is 9.76. The summed E-state index contributed by atoms with van der Waals surface area (Å²) in [5.41, 5.74) is -3.05. The lowest BCUT2D eigenvalue weighted by molar-refractivity contribution is -0.138. The molecule has 3 saturated heterocycles. The molecule has 2 N–H and O–H groups in total. The molecule has 4 aliphatic rings. The number of nitrogens with one attached hydrogen (secondary N) is 2. The zero-order chi connectivity index (χ0) is 42.2. The van der Waals surface area contributed by atoms with Gasteiger partial charge >= 0.3 is 12.2 Å². The number of amides is 6. The Hall–Kier alpha value is -4.28. The zero-order valence-corrected chi connectivity index (χ0v) is 35.3. The van der Waals surface area contributed by atoms with Crippen molar-refractivity contribution in [2.45, 2.75) is 119 Å². The Morgan fingerprint density at radius 3 is 2.32 bits per heavy atom. The van der Waals surface area contributed by atoms with E-state index in [1.165, 1.54) is 12.1 Å². The molecule has 0 radical (unpaired) electrons. The first-order valence-electron chi connectivity index (χ1n) is 19.5. The minimum absolute atomic E-state index is 0. The van der Waals surface area contributed by atoms with Crippen LogP contribution in [0.1, 0.15) is 89.8 Å². The standard InChI is InChI=1S/C40H49F3N8O6S.ClH/c1-24-21-48(22-25(2)49(24)23-34(53)46-32-13-7-27(20-45-32)39(5)15-14-33(52)47-35(39)54)16-17-57-29-10-8-28(9-11-29)50-37(56)51(36(55)38(50,3)4)58-30-12-6-26(19-44)31(18-30)40(41,42)43;/h6-7,12-13,18,20,24-25,28-29H,8-11,14-17,21-23H2,1-5H3,(H,45,46,53)(H,47,52,54);1H/t24-,25+,28?,29?,39?;. The predicted octanol–water partition coefficient (Wildman–Crippen LogP) is 5.50. The fourth-order valence-electron chi connectivity index (χ4n) is 8.49. The van der Waals surface area contributed by atoms with Crippen LogP contribution >= 0.6 is 24.4 Å². The number of piperidine rings is 1. The molecule has 1 saturated carbocycles. The Labute approximate surface area is 352 Å². The second kappa shape index (κ2) is 18.1. The summed E-state index contributed by atoms with van der Waals surface area (Å²) in [7, 11) is 0. The smallest absolute Gasteiger partial charge is 0.377 e. The number of pyridine rings is 1. The Kier molecular flexibility index (Phi) is 14.1. The van der Waals surface area contributed by atoms with Gasteiger partial charge in [0.1, 0.15) is 11.4 Å². The Morgan fingerprint density at radius 2 is 1.73 bits per heavy atom. The zero-order valence-electron chi connectivity index (χ0n) is 33.6. The predicted molar refractivity (Wildman–Crippen MR) is 214 cm³/mol. The van der Waals surface area contributed by atoms with Gasteiger partial charge in [-0.1, -0.05) is 6.07 Å². The number of carbonyl (C=O) groups is 5. The number of benzene rings is 1. The van der Waals surface area contributed by atoms with E-state index in [0.717, 1.165) is 29.5 Å². The molecule has 3 aliphatic heterocycles. The molecule has 1 aromatic heterocycles. The molecule has 0 bridgehead atoms. The number of anilines is 1. The molecule has 14 nitrogen and oxygen atoms in total. The quantitative estimate of drug-likeness (QED) is 0.166. The highest BCUT2D eigenvalue weighted by atomic mass is 35.5. The first kappa shape index (κ1) is 45.8. The van der Waals surface area contributed by atoms with Crippen LogP contribution < -0.4 is 10.6 Å². The number of carbonyl (C=O) groups excluding carboxylic acids is 5. The molecule has 19 heteroatoms. The SMILES string of the molecule is C[C@@H]1CN(CCOC2CCC(N3C(=O)N(Sc4ccc(C#N)c(C(F)(F)F)c4)C(=O)C3(C)C)CC2)C[C@H](C)N1CC(=O)Nc1ccc(C2(C)CCC(=O)NC2=O)cn1.Cl. The van der Waals surface area contributed by atoms with Gasteiger partial charge in [-0.3, -0.25) is 34.3 Å². The molecule has 0 spiro atoms. The fraction of sp³-hybridized carbons (Fsp3) is 0.575. The van der Waals surface area contributed by atoms with Gasteiger partial charge in [0, 0.05) is 55.3 Å². The van der Waals surface area contributed by atoms with E-state index in [0.29, 0.717) is 68.6 Å². The van der Waals surface area contributed by atoms with Gasteiger partial charge in [0.05, 0.1) is 41.9 Å². The van der Waals surface area contributed by atoms with E-state index >= 15 is 0 Å². The lowest BCUT2D eigenvalue weighted by Gasteiger charge is -2.44. The molecule has 6 amide bonds. The van der Waals surface area contributed by atoms with Crippen LogP contribution in [-0.4, -0.2) is 116 Å². The Bertz CT molecular complexity index is 1960. The van der Waals surface area contributed by atoms with E-state index < -0.39 is 40.2 Å². The van der Waals surface area contributed by atoms with Crippen LogP contribution in [0.5, 0.6) is 0 Å². The highest BCUT2D eigenvalue weighted by molar-refractivity contribution is 7.98. The number of hydrogen-bond acceptors (Lipinski definition) is 11. The van der Waals surface area contributed by atoms with E-state index in [4.69, 9.17) is 10.00 Å². The number of ether oxygens (including phenoxy) is 1. The molecule has 6 rings (SSSR count). The van der Waals surface area contributed by atoms with Gasteiger partial charge in [0.2, 0.25) is 17.7 Å². The van der Waals surface area contributed by atoms with Crippen LogP contribution in [0.25, 0.3) is 0 Å². The third-order valence-electron chi connectivity index (χ3n) is 11.9. The maximum absolute atomic E-state index is 13.6. The summed E-state index contributed by atoms with van der Waals surface area (Å²) in [4.78, 5) is 74.6. The average molecular weight is 863 g/mol. The summed E-state index contributed by atoms with van der Waals surface area (Å²) >= 11 is 0.631. The van der Waals surface area contributed by atoms with Crippen molar-refractivity contribution >= 4 is 59.8 Å². The molecule has 1 aromatic carbocycles. The number of piperazine rings is 1. The van der Waals surface area contributed by atoms with Crippen LogP contribution in [0.15, 0.2) is 41.4 Å². The van der Waals surface area contributed by atoms with E-state index in [1.807, 2.05) is 0 Å². The van der Waals surface area contributed by atoms with Crippen LogP contribution in [0, 0.1) is 11.3 Å². The maximum atomic E-state index is 13.6. The molecular weight excluding hydrogens is 813 g/mol. The number of hydrogen-bond donors (Lipinski definition) is 2. The van der Waals surface area contributed by atoms with Gasteiger partial charge in [0.25, 0.3) is 5.91 Å². The molecule has 1 unspecified atom stereocenters. The van der Waals surface area contributed by atoms with Crippen molar-refractivity contribution in [1.29, 1.82) is 5.26 Å². The van der Waals surface area contributed by atoms with Crippen molar-refractivity contribution < 1.29 is 41.9 Å². The van der Waals surface area contributed by atoms with E-state index in [-0.39, 0.29) is 72.2 Å². The summed E-state index contributed by atoms with van der Waals surface area (Å²) in [6.45, 7) is 12.1. The summed E-state index contributed by atoms with van der Waals surface area (Å²) in [5, 5.41) is 14.4. The topological polar surface area (TPSA) is 168 Å². The Morgan fingerprint density at radius 1 is 1.05 bits per heavy atom. The van der Waals surface area contributed by atoms with Crippen molar-refractivity contribution in [3.63, 3.8) is 0 Å². The number of alkyl halides is 3. The minimum Gasteiger partial charge on any atom is -0.377 e. The van der Waals surface area contributed by atoms with Gasteiger partial charge in [-0.15, -0.1) is 12.4 Å². The number of aromatic nitrogens is 1. The normalized spacial score (nSPS) is 26.6. The third-order valence-corrected chi connectivity index (χ3v) is 12.8. The molecule has 1 aliphatic carbocycles. The van der Waals surface area contributed by atoms with E-state index in [2.05, 4.69) is 39.3 Å². The molecular formula is C40H50ClF3N8O6S. The van der Waals surface area contributed by atoms with Crippen molar-refractivity contribution in [2.24, 2.45) is 0 Å². The number of imide groups is 2. The number of urea groups is 1. The van der Waals surface area contributed by atoms with Gasteiger partial charge in [-0.2, -0.15) is 22.7 Å². The van der Waals surface area contributed by atoms with Crippen molar-refractivity contribution in [3.05, 3.63) is 53.2 Å². The highest BCUT2D eigenvalue weighted by Crippen LogP contribution is 2.42. The van der Waals surface area contributed by atoms with Crippen LogP contribution in [0.4, 0.5) is 23.8 Å². The van der Waals surface area contributed by atoms with Crippen LogP contribution in [0.3, 0.4) is 0 Å². The monoisotopic (exact) mass is 862 g/mol. The third kappa shape index (κ3) is 9.86. The molecule has 4 fully saturated rings. The van der Waals surface area contributed by atoms with Crippen molar-refractivity contribution in [3.8, 4) is 6.07 Å². The van der Waals surface area contributed by atoms with Crippen LogP contribution in [-0.2, 0) is 35.5 Å². The first-order chi connectivity index (χ1) is 27.3. The largest absolute Gasteiger partial charge is 0.417 e. The van der Waals surface area contributed by atoms with Gasteiger partial charge in [0.15, 0.2) is 0 Å². The Balaban J connectivity index is 0.00000661. The number of nitrogens with zero attached hydrogens (tertiary/aromatic N) is 6. The van der Waals surface area contributed by atoms with Crippen molar-refractivity contribution in [2.75, 3.05) is 38.1 Å². The molecule has 3 atom stereocenters. The van der Waals surface area contributed by atoms with E-state index in [9.17, 15) is 37.1 Å². The molecule has 320 valence electrons. The highest BCUT2D eigenvalue weighted by Gasteiger charge is 2.55. The number of rotatable bonds is 11. The van der Waals surface area contributed by atoms with Crippen molar-refractivity contribution in [1.82, 2.24) is 29.3 Å². The number of halogens is 4. The van der Waals surface area contributed by atoms with E-state index in [1.54, 1.807) is 44.0 Å². The summed E-state index contributed by atoms with van der Waals surface area (Å²) in [6, 6.07) is 7.46. The second-order valence-electron chi connectivity index (χ2n) is 16.3. The first-order valence-corrected chi connectivity index (χ1v) is 20.3. The molecule has 2 aromatic rings. The minimum atomic E-state index is -4.77.